The highest BCUT2D eigenvalue weighted by Crippen LogP contribution is 2.18. The van der Waals surface area contributed by atoms with Crippen molar-refractivity contribution in [3.63, 3.8) is 0 Å². The monoisotopic (exact) mass is 160 g/mol. The summed E-state index contributed by atoms with van der Waals surface area (Å²) in [4.78, 5) is 0. The van der Waals surface area contributed by atoms with Crippen LogP contribution in [0.1, 0.15) is 20.3 Å². The van der Waals surface area contributed by atoms with E-state index in [-0.39, 0.29) is 12.0 Å². The largest absolute Gasteiger partial charge is 0.390 e. The third kappa shape index (κ3) is 2.15. The van der Waals surface area contributed by atoms with E-state index in [9.17, 15) is 10.2 Å². The van der Waals surface area contributed by atoms with Crippen LogP contribution >= 0.6 is 0 Å². The van der Waals surface area contributed by atoms with Crippen molar-refractivity contribution in [1.29, 1.82) is 0 Å². The minimum Gasteiger partial charge on any atom is -0.390 e. The van der Waals surface area contributed by atoms with Gasteiger partial charge in [-0.25, -0.2) is 0 Å². The van der Waals surface area contributed by atoms with Crippen LogP contribution in [0.4, 0.5) is 0 Å². The van der Waals surface area contributed by atoms with Gasteiger partial charge in [-0.3, -0.25) is 0 Å². The van der Waals surface area contributed by atoms with E-state index < -0.39 is 12.2 Å². The van der Waals surface area contributed by atoms with Crippen LogP contribution < -0.4 is 0 Å². The summed E-state index contributed by atoms with van der Waals surface area (Å²) in [5.41, 5.74) is 0. The molecular weight excluding hydrogens is 144 g/mol. The smallest absolute Gasteiger partial charge is 0.0847 e. The van der Waals surface area contributed by atoms with E-state index in [1.54, 1.807) is 0 Å². The molecule has 3 heteroatoms. The van der Waals surface area contributed by atoms with Crippen LogP contribution in [0.3, 0.4) is 0 Å². The summed E-state index contributed by atoms with van der Waals surface area (Å²) in [6.07, 6.45) is -0.655. The van der Waals surface area contributed by atoms with Crippen molar-refractivity contribution < 1.29 is 14.9 Å². The maximum Gasteiger partial charge on any atom is 0.0847 e. The molecule has 0 saturated carbocycles. The van der Waals surface area contributed by atoms with E-state index in [1.807, 2.05) is 13.8 Å². The summed E-state index contributed by atoms with van der Waals surface area (Å²) < 4.78 is 5.34. The number of aliphatic hydroxyl groups excluding tert-OH is 2. The SMILES string of the molecule is CC1CC(O)C(O)[C@H](C)CO1. The molecule has 4 atom stereocenters. The van der Waals surface area contributed by atoms with Gasteiger partial charge in [0.25, 0.3) is 0 Å². The third-order valence-electron chi connectivity index (χ3n) is 2.19. The summed E-state index contributed by atoms with van der Waals surface area (Å²) in [6.45, 7) is 4.33. The molecule has 11 heavy (non-hydrogen) atoms. The second-order valence-electron chi connectivity index (χ2n) is 3.41. The molecule has 0 spiro atoms. The summed E-state index contributed by atoms with van der Waals surface area (Å²) >= 11 is 0. The standard InChI is InChI=1S/C8H16O3/c1-5-4-11-6(2)3-7(9)8(5)10/h5-10H,3-4H2,1-2H3/t5-,6?,7?,8?/m1/s1. The number of ether oxygens (including phenoxy) is 1. The minimum atomic E-state index is -0.625. The molecule has 1 saturated heterocycles. The zero-order valence-corrected chi connectivity index (χ0v) is 7.03. The van der Waals surface area contributed by atoms with Gasteiger partial charge in [0.05, 0.1) is 24.9 Å². The first-order valence-electron chi connectivity index (χ1n) is 4.09. The van der Waals surface area contributed by atoms with Crippen molar-refractivity contribution in [3.05, 3.63) is 0 Å². The fourth-order valence-corrected chi connectivity index (χ4v) is 1.34. The molecule has 0 amide bonds. The lowest BCUT2D eigenvalue weighted by Gasteiger charge is -2.18. The Morgan fingerprint density at radius 2 is 1.91 bits per heavy atom. The summed E-state index contributed by atoms with van der Waals surface area (Å²) in [7, 11) is 0. The van der Waals surface area contributed by atoms with Gasteiger partial charge in [0, 0.05) is 12.3 Å². The Labute approximate surface area is 67.0 Å². The van der Waals surface area contributed by atoms with E-state index >= 15 is 0 Å². The normalized spacial score (nSPS) is 46.9. The molecule has 2 N–H and O–H groups in total. The van der Waals surface area contributed by atoms with Crippen molar-refractivity contribution in [2.24, 2.45) is 5.92 Å². The Morgan fingerprint density at radius 3 is 2.55 bits per heavy atom. The van der Waals surface area contributed by atoms with E-state index in [1.165, 1.54) is 0 Å². The molecule has 1 fully saturated rings. The second kappa shape index (κ2) is 3.52. The number of rotatable bonds is 0. The fraction of sp³-hybridized carbons (Fsp3) is 1.00. The van der Waals surface area contributed by atoms with Crippen LogP contribution in [0.2, 0.25) is 0 Å². The zero-order valence-electron chi connectivity index (χ0n) is 7.03. The van der Waals surface area contributed by atoms with Gasteiger partial charge in [-0.1, -0.05) is 6.92 Å². The lowest BCUT2D eigenvalue weighted by atomic mass is 9.99. The van der Waals surface area contributed by atoms with E-state index in [2.05, 4.69) is 0 Å². The van der Waals surface area contributed by atoms with Crippen molar-refractivity contribution in [2.45, 2.75) is 38.6 Å². The van der Waals surface area contributed by atoms with Gasteiger partial charge >= 0.3 is 0 Å². The average Bonchev–Trinajstić information content (AvgIpc) is 2.05. The van der Waals surface area contributed by atoms with Crippen molar-refractivity contribution in [1.82, 2.24) is 0 Å². The predicted octanol–water partition coefficient (Wildman–Crippen LogP) is 0.153. The van der Waals surface area contributed by atoms with Crippen LogP contribution in [-0.2, 0) is 4.74 Å². The van der Waals surface area contributed by atoms with Gasteiger partial charge < -0.3 is 14.9 Å². The third-order valence-corrected chi connectivity index (χ3v) is 2.19. The second-order valence-corrected chi connectivity index (χ2v) is 3.41. The first-order valence-corrected chi connectivity index (χ1v) is 4.09. The number of hydrogen-bond acceptors (Lipinski definition) is 3. The van der Waals surface area contributed by atoms with E-state index in [0.717, 1.165) is 0 Å². The molecule has 0 radical (unpaired) electrons. The molecule has 0 aromatic rings. The molecule has 3 nitrogen and oxygen atoms in total. The average molecular weight is 160 g/mol. The molecule has 1 rings (SSSR count). The lowest BCUT2D eigenvalue weighted by molar-refractivity contribution is -0.00902. The first kappa shape index (κ1) is 8.97. The molecular formula is C8H16O3. The fourth-order valence-electron chi connectivity index (χ4n) is 1.34. The van der Waals surface area contributed by atoms with Crippen molar-refractivity contribution in [3.8, 4) is 0 Å². The lowest BCUT2D eigenvalue weighted by Crippen LogP contribution is -2.32. The van der Waals surface area contributed by atoms with E-state index in [4.69, 9.17) is 4.74 Å². The molecule has 1 aliphatic rings. The van der Waals surface area contributed by atoms with Gasteiger partial charge in [-0.05, 0) is 6.92 Å². The maximum atomic E-state index is 9.41. The molecule has 0 aliphatic carbocycles. The predicted molar refractivity (Wildman–Crippen MR) is 41.2 cm³/mol. The molecule has 0 aromatic heterocycles. The van der Waals surface area contributed by atoms with Crippen LogP contribution in [0, 0.1) is 5.92 Å². The Kier molecular flexibility index (Phi) is 2.87. The Morgan fingerprint density at radius 1 is 1.27 bits per heavy atom. The molecule has 3 unspecified atom stereocenters. The summed E-state index contributed by atoms with van der Waals surface area (Å²) in [5.74, 6) is 0.0370. The molecule has 66 valence electrons. The highest BCUT2D eigenvalue weighted by Gasteiger charge is 2.28. The van der Waals surface area contributed by atoms with Gasteiger partial charge in [-0.2, -0.15) is 0 Å². The van der Waals surface area contributed by atoms with Gasteiger partial charge in [-0.15, -0.1) is 0 Å². The maximum absolute atomic E-state index is 9.41. The Bertz CT molecular complexity index is 127. The molecule has 1 heterocycles. The number of aliphatic hydroxyl groups is 2. The van der Waals surface area contributed by atoms with Gasteiger partial charge in [0.1, 0.15) is 0 Å². The van der Waals surface area contributed by atoms with Crippen LogP contribution in [0.5, 0.6) is 0 Å². The quantitative estimate of drug-likeness (QED) is 0.530. The van der Waals surface area contributed by atoms with Crippen LogP contribution in [-0.4, -0.2) is 35.1 Å². The van der Waals surface area contributed by atoms with Gasteiger partial charge in [0.15, 0.2) is 0 Å². The highest BCUT2D eigenvalue weighted by atomic mass is 16.5. The first-order chi connectivity index (χ1) is 5.11. The minimum absolute atomic E-state index is 0.0370. The zero-order chi connectivity index (χ0) is 8.43. The highest BCUT2D eigenvalue weighted by molar-refractivity contribution is 4.78. The molecule has 0 aromatic carbocycles. The Balaban J connectivity index is 2.53. The van der Waals surface area contributed by atoms with Crippen molar-refractivity contribution >= 4 is 0 Å². The van der Waals surface area contributed by atoms with Crippen LogP contribution in [0.15, 0.2) is 0 Å². The molecule has 1 aliphatic heterocycles. The molecule has 0 bridgehead atoms. The topological polar surface area (TPSA) is 49.7 Å². The van der Waals surface area contributed by atoms with E-state index in [0.29, 0.717) is 13.0 Å². The van der Waals surface area contributed by atoms with Crippen LogP contribution in [0.25, 0.3) is 0 Å². The van der Waals surface area contributed by atoms with Gasteiger partial charge in [0.2, 0.25) is 0 Å². The van der Waals surface area contributed by atoms with Crippen molar-refractivity contribution in [2.75, 3.05) is 6.61 Å². The number of hydrogen-bond donors (Lipinski definition) is 2. The Hall–Kier alpha value is -0.120. The summed E-state index contributed by atoms with van der Waals surface area (Å²) in [5, 5.41) is 18.8. The summed E-state index contributed by atoms with van der Waals surface area (Å²) in [6, 6.07) is 0.